The molecular weight excluding hydrogens is 213 g/mol. The summed E-state index contributed by atoms with van der Waals surface area (Å²) in [4.78, 5) is 21.7. The largest absolute Gasteiger partial charge is 0.481 e. The summed E-state index contributed by atoms with van der Waals surface area (Å²) in [5.41, 5.74) is 0.704. The topological polar surface area (TPSA) is 66.4 Å². The highest BCUT2D eigenvalue weighted by Gasteiger charge is 2.11. The van der Waals surface area contributed by atoms with E-state index in [1.807, 2.05) is 0 Å². The van der Waals surface area contributed by atoms with Crippen molar-refractivity contribution in [3.63, 3.8) is 0 Å². The third-order valence-corrected chi connectivity index (χ3v) is 1.99. The van der Waals surface area contributed by atoms with Gasteiger partial charge in [0.2, 0.25) is 0 Å². The van der Waals surface area contributed by atoms with Gasteiger partial charge in [-0.2, -0.15) is 0 Å². The van der Waals surface area contributed by atoms with Gasteiger partial charge in [0, 0.05) is 6.54 Å². The maximum atomic E-state index is 13.2. The number of aliphatic carboxylic acids is 1. The van der Waals surface area contributed by atoms with E-state index >= 15 is 0 Å². The molecular formula is C11H12FNO3. The fourth-order valence-electron chi connectivity index (χ4n) is 1.19. The molecule has 0 aliphatic heterocycles. The van der Waals surface area contributed by atoms with Crippen molar-refractivity contribution in [3.05, 3.63) is 35.1 Å². The van der Waals surface area contributed by atoms with Gasteiger partial charge in [-0.1, -0.05) is 11.6 Å². The number of nitrogens with one attached hydrogen (secondary N) is 1. The Morgan fingerprint density at radius 1 is 1.44 bits per heavy atom. The molecule has 1 rings (SSSR count). The molecule has 0 fully saturated rings. The van der Waals surface area contributed by atoms with E-state index in [2.05, 4.69) is 5.32 Å². The Morgan fingerprint density at radius 3 is 2.75 bits per heavy atom. The van der Waals surface area contributed by atoms with Gasteiger partial charge in [-0.25, -0.2) is 4.39 Å². The quantitative estimate of drug-likeness (QED) is 0.812. The molecule has 86 valence electrons. The third-order valence-electron chi connectivity index (χ3n) is 1.99. The average molecular weight is 225 g/mol. The summed E-state index contributed by atoms with van der Waals surface area (Å²) in [5.74, 6) is -2.22. The highest BCUT2D eigenvalue weighted by Crippen LogP contribution is 2.09. The van der Waals surface area contributed by atoms with Crippen molar-refractivity contribution in [1.82, 2.24) is 5.32 Å². The highest BCUT2D eigenvalue weighted by atomic mass is 19.1. The lowest BCUT2D eigenvalue weighted by molar-refractivity contribution is -0.136. The van der Waals surface area contributed by atoms with Gasteiger partial charge in [-0.15, -0.1) is 0 Å². The second-order valence-corrected chi connectivity index (χ2v) is 3.38. The third kappa shape index (κ3) is 3.34. The molecule has 4 nitrogen and oxygen atoms in total. The van der Waals surface area contributed by atoms with Crippen LogP contribution in [0, 0.1) is 12.7 Å². The summed E-state index contributed by atoms with van der Waals surface area (Å²) < 4.78 is 13.2. The summed E-state index contributed by atoms with van der Waals surface area (Å²) in [6, 6.07) is 4.19. The van der Waals surface area contributed by atoms with E-state index in [0.29, 0.717) is 0 Å². The van der Waals surface area contributed by atoms with Crippen LogP contribution in [-0.2, 0) is 4.79 Å². The fraction of sp³-hybridized carbons (Fsp3) is 0.273. The molecule has 0 aromatic heterocycles. The number of carbonyl (C=O) groups excluding carboxylic acids is 1. The predicted molar refractivity (Wildman–Crippen MR) is 55.7 cm³/mol. The monoisotopic (exact) mass is 225 g/mol. The molecule has 0 atom stereocenters. The minimum atomic E-state index is -1.01. The van der Waals surface area contributed by atoms with Gasteiger partial charge in [-0.3, -0.25) is 9.59 Å². The van der Waals surface area contributed by atoms with Crippen molar-refractivity contribution in [3.8, 4) is 0 Å². The molecule has 16 heavy (non-hydrogen) atoms. The molecule has 1 aromatic carbocycles. The van der Waals surface area contributed by atoms with Crippen molar-refractivity contribution >= 4 is 11.9 Å². The molecule has 1 amide bonds. The first-order chi connectivity index (χ1) is 7.50. The van der Waals surface area contributed by atoms with Crippen molar-refractivity contribution in [2.75, 3.05) is 6.54 Å². The van der Waals surface area contributed by atoms with Crippen LogP contribution in [0.25, 0.3) is 0 Å². The molecule has 0 unspecified atom stereocenters. The summed E-state index contributed by atoms with van der Waals surface area (Å²) >= 11 is 0. The lowest BCUT2D eigenvalue weighted by Gasteiger charge is -2.05. The maximum Gasteiger partial charge on any atom is 0.305 e. The molecule has 1 aromatic rings. The van der Waals surface area contributed by atoms with Crippen LogP contribution in [0.4, 0.5) is 4.39 Å². The molecule has 0 heterocycles. The summed E-state index contributed by atoms with van der Waals surface area (Å²) in [6.07, 6.45) is -0.181. The maximum absolute atomic E-state index is 13.2. The summed E-state index contributed by atoms with van der Waals surface area (Å²) in [6.45, 7) is 1.73. The van der Waals surface area contributed by atoms with Gasteiger partial charge in [0.25, 0.3) is 5.91 Å². The zero-order valence-corrected chi connectivity index (χ0v) is 8.79. The Morgan fingerprint density at radius 2 is 2.12 bits per heavy atom. The molecule has 0 radical (unpaired) electrons. The smallest absolute Gasteiger partial charge is 0.305 e. The zero-order valence-electron chi connectivity index (χ0n) is 8.79. The Hall–Kier alpha value is -1.91. The number of carboxylic acids is 1. The molecule has 0 spiro atoms. The van der Waals surface area contributed by atoms with Gasteiger partial charge < -0.3 is 10.4 Å². The van der Waals surface area contributed by atoms with Crippen LogP contribution < -0.4 is 5.32 Å². The van der Waals surface area contributed by atoms with E-state index in [4.69, 9.17) is 5.11 Å². The summed E-state index contributed by atoms with van der Waals surface area (Å²) in [5, 5.41) is 10.7. The Kier molecular flexibility index (Phi) is 3.99. The molecule has 0 saturated carbocycles. The van der Waals surface area contributed by atoms with E-state index < -0.39 is 17.7 Å². The van der Waals surface area contributed by atoms with Crippen molar-refractivity contribution in [2.45, 2.75) is 13.3 Å². The van der Waals surface area contributed by atoms with Crippen molar-refractivity contribution < 1.29 is 19.1 Å². The Balaban J connectivity index is 2.65. The number of halogens is 1. The molecule has 0 saturated heterocycles. The van der Waals surface area contributed by atoms with E-state index in [9.17, 15) is 14.0 Å². The number of rotatable bonds is 4. The highest BCUT2D eigenvalue weighted by molar-refractivity contribution is 5.94. The lowest BCUT2D eigenvalue weighted by atomic mass is 10.1. The number of hydrogen-bond acceptors (Lipinski definition) is 2. The molecule has 5 heteroatoms. The average Bonchev–Trinajstić information content (AvgIpc) is 2.21. The first-order valence-corrected chi connectivity index (χ1v) is 4.77. The Labute approximate surface area is 92.1 Å². The van der Waals surface area contributed by atoms with E-state index in [1.165, 1.54) is 12.1 Å². The number of hydrogen-bond donors (Lipinski definition) is 2. The molecule has 0 aliphatic rings. The van der Waals surface area contributed by atoms with E-state index in [0.717, 1.165) is 5.56 Å². The normalized spacial score (nSPS) is 9.88. The van der Waals surface area contributed by atoms with Crippen LogP contribution in [0.3, 0.4) is 0 Å². The van der Waals surface area contributed by atoms with Gasteiger partial charge >= 0.3 is 5.97 Å². The Bertz CT molecular complexity index is 418. The first-order valence-electron chi connectivity index (χ1n) is 4.77. The molecule has 0 bridgehead atoms. The minimum absolute atomic E-state index is 0.0124. The predicted octanol–water partition coefficient (Wildman–Crippen LogP) is 1.34. The second-order valence-electron chi connectivity index (χ2n) is 3.38. The van der Waals surface area contributed by atoms with E-state index in [-0.39, 0.29) is 18.5 Å². The first kappa shape index (κ1) is 12.2. The fourth-order valence-corrected chi connectivity index (χ4v) is 1.19. The molecule has 2 N–H and O–H groups in total. The van der Waals surface area contributed by atoms with Gasteiger partial charge in [0.15, 0.2) is 0 Å². The lowest BCUT2D eigenvalue weighted by Crippen LogP contribution is -2.26. The van der Waals surface area contributed by atoms with Crippen LogP contribution in [0.2, 0.25) is 0 Å². The second kappa shape index (κ2) is 5.25. The van der Waals surface area contributed by atoms with Gasteiger partial charge in [0.1, 0.15) is 5.82 Å². The van der Waals surface area contributed by atoms with Crippen LogP contribution >= 0.6 is 0 Å². The van der Waals surface area contributed by atoms with Gasteiger partial charge in [-0.05, 0) is 19.1 Å². The van der Waals surface area contributed by atoms with E-state index in [1.54, 1.807) is 13.0 Å². The minimum Gasteiger partial charge on any atom is -0.481 e. The van der Waals surface area contributed by atoms with Crippen molar-refractivity contribution in [2.24, 2.45) is 0 Å². The number of aryl methyl sites for hydroxylation is 1. The van der Waals surface area contributed by atoms with Crippen LogP contribution in [-0.4, -0.2) is 23.5 Å². The summed E-state index contributed by atoms with van der Waals surface area (Å²) in [7, 11) is 0. The number of benzene rings is 1. The van der Waals surface area contributed by atoms with Crippen LogP contribution in [0.1, 0.15) is 22.3 Å². The SMILES string of the molecule is Cc1ccc(F)c(C(=O)NCCC(=O)O)c1. The number of carbonyl (C=O) groups is 2. The zero-order chi connectivity index (χ0) is 12.1. The van der Waals surface area contributed by atoms with Crippen molar-refractivity contribution in [1.29, 1.82) is 0 Å². The van der Waals surface area contributed by atoms with Crippen LogP contribution in [0.5, 0.6) is 0 Å². The van der Waals surface area contributed by atoms with Crippen LogP contribution in [0.15, 0.2) is 18.2 Å². The van der Waals surface area contributed by atoms with Gasteiger partial charge in [0.05, 0.1) is 12.0 Å². The number of amides is 1. The standard InChI is InChI=1S/C11H12FNO3/c1-7-2-3-9(12)8(6-7)11(16)13-5-4-10(14)15/h2-3,6H,4-5H2,1H3,(H,13,16)(H,14,15). The number of carboxylic acid groups (broad SMARTS) is 1. The molecule has 0 aliphatic carbocycles.